The molecule has 2 aromatic carbocycles. The molecule has 0 unspecified atom stereocenters. The summed E-state index contributed by atoms with van der Waals surface area (Å²) in [4.78, 5) is 26.2. The number of halogens is 4. The molecule has 28 heavy (non-hydrogen) atoms. The second-order valence-corrected chi connectivity index (χ2v) is 6.69. The highest BCUT2D eigenvalue weighted by Gasteiger charge is 2.36. The van der Waals surface area contributed by atoms with Gasteiger partial charge in [-0.3, -0.25) is 9.59 Å². The van der Waals surface area contributed by atoms with E-state index in [1.807, 2.05) is 0 Å². The van der Waals surface area contributed by atoms with E-state index in [1.165, 1.54) is 12.0 Å². The van der Waals surface area contributed by atoms with Gasteiger partial charge in [0.2, 0.25) is 11.8 Å². The lowest BCUT2D eigenvalue weighted by molar-refractivity contribution is -0.137. The Hall–Kier alpha value is -2.74. The molecule has 5 nitrogen and oxygen atoms in total. The predicted molar refractivity (Wildman–Crippen MR) is 98.5 cm³/mol. The molecule has 1 atom stereocenters. The van der Waals surface area contributed by atoms with Crippen LogP contribution in [-0.4, -0.2) is 25.5 Å². The van der Waals surface area contributed by atoms with Gasteiger partial charge in [0, 0.05) is 18.7 Å². The molecule has 2 amide bonds. The van der Waals surface area contributed by atoms with Crippen molar-refractivity contribution in [2.75, 3.05) is 23.9 Å². The molecule has 0 spiro atoms. The summed E-state index contributed by atoms with van der Waals surface area (Å²) < 4.78 is 43.7. The van der Waals surface area contributed by atoms with Crippen molar-refractivity contribution in [2.45, 2.75) is 12.6 Å². The van der Waals surface area contributed by atoms with Gasteiger partial charge in [0.15, 0.2) is 0 Å². The number of carbonyl (C=O) groups excluding carboxylic acids is 2. The first kappa shape index (κ1) is 20.0. The van der Waals surface area contributed by atoms with Crippen molar-refractivity contribution in [2.24, 2.45) is 5.92 Å². The molecule has 1 N–H and O–H groups in total. The van der Waals surface area contributed by atoms with E-state index in [0.29, 0.717) is 11.4 Å². The largest absolute Gasteiger partial charge is 0.497 e. The molecule has 2 aromatic rings. The molecule has 0 bridgehead atoms. The quantitative estimate of drug-likeness (QED) is 0.811. The van der Waals surface area contributed by atoms with Crippen LogP contribution in [0.3, 0.4) is 0 Å². The first-order valence-corrected chi connectivity index (χ1v) is 8.69. The lowest BCUT2D eigenvalue weighted by Crippen LogP contribution is -2.28. The average molecular weight is 413 g/mol. The fourth-order valence-electron chi connectivity index (χ4n) is 2.93. The Morgan fingerprint density at radius 1 is 1.21 bits per heavy atom. The van der Waals surface area contributed by atoms with Crippen LogP contribution in [0.1, 0.15) is 12.0 Å². The van der Waals surface area contributed by atoms with Gasteiger partial charge in [0.25, 0.3) is 0 Å². The van der Waals surface area contributed by atoms with Crippen LogP contribution in [0.4, 0.5) is 24.5 Å². The Kier molecular flexibility index (Phi) is 5.51. The molecule has 0 radical (unpaired) electrons. The maximum absolute atomic E-state index is 12.9. The number of anilines is 2. The van der Waals surface area contributed by atoms with Crippen LogP contribution in [0, 0.1) is 5.92 Å². The molecule has 3 rings (SSSR count). The van der Waals surface area contributed by atoms with Crippen molar-refractivity contribution < 1.29 is 27.5 Å². The van der Waals surface area contributed by atoms with Crippen molar-refractivity contribution in [3.63, 3.8) is 0 Å². The Morgan fingerprint density at radius 3 is 2.50 bits per heavy atom. The minimum absolute atomic E-state index is 0.0160. The number of rotatable bonds is 4. The number of ether oxygens (including phenoxy) is 1. The zero-order valence-corrected chi connectivity index (χ0v) is 15.5. The van der Waals surface area contributed by atoms with Gasteiger partial charge in [-0.05, 0) is 42.5 Å². The highest BCUT2D eigenvalue weighted by atomic mass is 35.5. The standard InChI is InChI=1S/C19H16ClF3N2O3/c1-28-14-5-3-13(4-6-14)25-10-11(8-17(25)26)18(27)24-16-9-12(19(21,22)23)2-7-15(16)20/h2-7,9,11H,8,10H2,1H3,(H,24,27)/t11-/m1/s1. The summed E-state index contributed by atoms with van der Waals surface area (Å²) in [6.45, 7) is 0.119. The molecule has 9 heteroatoms. The Labute approximate surface area is 164 Å². The third kappa shape index (κ3) is 4.22. The third-order valence-electron chi connectivity index (χ3n) is 4.43. The summed E-state index contributed by atoms with van der Waals surface area (Å²) in [5.74, 6) is -0.893. The number of nitrogens with zero attached hydrogens (tertiary/aromatic N) is 1. The van der Waals surface area contributed by atoms with Crippen LogP contribution in [0.2, 0.25) is 5.02 Å². The molecule has 0 saturated carbocycles. The van der Waals surface area contributed by atoms with Gasteiger partial charge in [-0.1, -0.05) is 11.6 Å². The number of benzene rings is 2. The molecule has 0 aliphatic carbocycles. The Bertz CT molecular complexity index is 900. The molecule has 0 aromatic heterocycles. The fourth-order valence-corrected chi connectivity index (χ4v) is 3.09. The number of alkyl halides is 3. The number of hydrogen-bond acceptors (Lipinski definition) is 3. The topological polar surface area (TPSA) is 58.6 Å². The Morgan fingerprint density at radius 2 is 1.89 bits per heavy atom. The van der Waals surface area contributed by atoms with E-state index in [1.54, 1.807) is 24.3 Å². The summed E-state index contributed by atoms with van der Waals surface area (Å²) in [6, 6.07) is 9.46. The molecular formula is C19H16ClF3N2O3. The predicted octanol–water partition coefficient (Wildman–Crippen LogP) is 4.36. The number of carbonyl (C=O) groups is 2. The fraction of sp³-hybridized carbons (Fsp3) is 0.263. The van der Waals surface area contributed by atoms with Crippen molar-refractivity contribution >= 4 is 34.8 Å². The number of nitrogens with one attached hydrogen (secondary N) is 1. The van der Waals surface area contributed by atoms with Gasteiger partial charge in [-0.2, -0.15) is 13.2 Å². The molecule has 1 saturated heterocycles. The van der Waals surface area contributed by atoms with Crippen LogP contribution >= 0.6 is 11.6 Å². The van der Waals surface area contributed by atoms with Crippen molar-refractivity contribution in [3.8, 4) is 5.75 Å². The number of hydrogen-bond donors (Lipinski definition) is 1. The van der Waals surface area contributed by atoms with E-state index in [0.717, 1.165) is 18.2 Å². The maximum atomic E-state index is 12.9. The van der Waals surface area contributed by atoms with Gasteiger partial charge in [0.05, 0.1) is 29.3 Å². The summed E-state index contributed by atoms with van der Waals surface area (Å²) in [5, 5.41) is 2.39. The second-order valence-electron chi connectivity index (χ2n) is 6.29. The lowest BCUT2D eigenvalue weighted by atomic mass is 10.1. The first-order chi connectivity index (χ1) is 13.2. The van der Waals surface area contributed by atoms with Crippen LogP contribution in [-0.2, 0) is 15.8 Å². The van der Waals surface area contributed by atoms with E-state index in [2.05, 4.69) is 5.32 Å². The van der Waals surface area contributed by atoms with E-state index in [4.69, 9.17) is 16.3 Å². The molecule has 1 aliphatic heterocycles. The van der Waals surface area contributed by atoms with Gasteiger partial charge >= 0.3 is 6.18 Å². The highest BCUT2D eigenvalue weighted by molar-refractivity contribution is 6.33. The van der Waals surface area contributed by atoms with Crippen LogP contribution in [0.5, 0.6) is 5.75 Å². The minimum Gasteiger partial charge on any atom is -0.497 e. The lowest BCUT2D eigenvalue weighted by Gasteiger charge is -2.17. The molecule has 148 valence electrons. The third-order valence-corrected chi connectivity index (χ3v) is 4.76. The minimum atomic E-state index is -4.56. The van der Waals surface area contributed by atoms with Gasteiger partial charge < -0.3 is 15.0 Å². The van der Waals surface area contributed by atoms with E-state index in [-0.39, 0.29) is 29.6 Å². The zero-order chi connectivity index (χ0) is 20.5. The maximum Gasteiger partial charge on any atom is 0.416 e. The summed E-state index contributed by atoms with van der Waals surface area (Å²) in [6.07, 6.45) is -4.60. The van der Waals surface area contributed by atoms with Crippen molar-refractivity contribution in [1.29, 1.82) is 0 Å². The van der Waals surface area contributed by atoms with Crippen LogP contribution in [0.15, 0.2) is 42.5 Å². The van der Waals surface area contributed by atoms with Crippen LogP contribution in [0.25, 0.3) is 0 Å². The zero-order valence-electron chi connectivity index (χ0n) is 14.7. The smallest absolute Gasteiger partial charge is 0.416 e. The van der Waals surface area contributed by atoms with E-state index < -0.39 is 23.6 Å². The number of amides is 2. The first-order valence-electron chi connectivity index (χ1n) is 8.31. The SMILES string of the molecule is COc1ccc(N2C[C@H](C(=O)Nc3cc(C(F)(F)F)ccc3Cl)CC2=O)cc1. The average Bonchev–Trinajstić information content (AvgIpc) is 3.04. The summed E-state index contributed by atoms with van der Waals surface area (Å²) in [5.41, 5.74) is -0.454. The monoisotopic (exact) mass is 412 g/mol. The van der Waals surface area contributed by atoms with E-state index in [9.17, 15) is 22.8 Å². The molecule has 1 aliphatic rings. The second kappa shape index (κ2) is 7.71. The van der Waals surface area contributed by atoms with Gasteiger partial charge in [-0.25, -0.2) is 0 Å². The summed E-state index contributed by atoms with van der Waals surface area (Å²) >= 11 is 5.91. The van der Waals surface area contributed by atoms with Gasteiger partial charge in [-0.15, -0.1) is 0 Å². The molecule has 1 heterocycles. The normalized spacial score (nSPS) is 17.0. The Balaban J connectivity index is 1.73. The van der Waals surface area contributed by atoms with E-state index >= 15 is 0 Å². The van der Waals surface area contributed by atoms with Crippen molar-refractivity contribution in [1.82, 2.24) is 0 Å². The molecule has 1 fully saturated rings. The highest BCUT2D eigenvalue weighted by Crippen LogP contribution is 2.34. The van der Waals surface area contributed by atoms with Gasteiger partial charge in [0.1, 0.15) is 5.75 Å². The summed E-state index contributed by atoms with van der Waals surface area (Å²) in [7, 11) is 1.52. The number of methoxy groups -OCH3 is 1. The molecular weight excluding hydrogens is 397 g/mol. The van der Waals surface area contributed by atoms with Crippen LogP contribution < -0.4 is 15.0 Å². The van der Waals surface area contributed by atoms with Crippen molar-refractivity contribution in [3.05, 3.63) is 53.1 Å².